The van der Waals surface area contributed by atoms with Crippen LogP contribution in [0, 0.1) is 0 Å². The van der Waals surface area contributed by atoms with Gasteiger partial charge in [-0.2, -0.15) is 0 Å². The number of rotatable bonds is 4. The van der Waals surface area contributed by atoms with Crippen LogP contribution in [0.25, 0.3) is 0 Å². The highest BCUT2D eigenvalue weighted by Crippen LogP contribution is 2.39. The average Bonchev–Trinajstić information content (AvgIpc) is 2.85. The van der Waals surface area contributed by atoms with E-state index in [4.69, 9.17) is 4.74 Å². The Hall–Kier alpha value is -1.59. The van der Waals surface area contributed by atoms with Crippen LogP contribution in [0.2, 0.25) is 0 Å². The third-order valence-corrected chi connectivity index (χ3v) is 5.59. The van der Waals surface area contributed by atoms with Crippen molar-refractivity contribution in [2.75, 3.05) is 13.7 Å². The first kappa shape index (κ1) is 17.2. The number of aromatic nitrogens is 1. The lowest BCUT2D eigenvalue weighted by atomic mass is 10.0. The molecule has 3 rings (SSSR count). The molecule has 1 N–H and O–H groups in total. The van der Waals surface area contributed by atoms with Crippen LogP contribution in [0.3, 0.4) is 0 Å². The number of methoxy groups -OCH3 is 1. The largest absolute Gasteiger partial charge is 0.503 e. The van der Waals surface area contributed by atoms with E-state index in [0.29, 0.717) is 11.8 Å². The number of aromatic hydroxyl groups is 1. The Morgan fingerprint density at radius 3 is 2.75 bits per heavy atom. The molecular formula is C19H23BrN2O2. The van der Waals surface area contributed by atoms with Crippen LogP contribution < -0.4 is 4.74 Å². The van der Waals surface area contributed by atoms with Crippen molar-refractivity contribution in [3.05, 3.63) is 52.3 Å². The van der Waals surface area contributed by atoms with Crippen molar-refractivity contribution in [1.82, 2.24) is 9.88 Å². The molecule has 5 heteroatoms. The zero-order valence-corrected chi connectivity index (χ0v) is 15.5. The molecule has 1 unspecified atom stereocenters. The molecule has 1 aliphatic rings. The van der Waals surface area contributed by atoms with Gasteiger partial charge in [0.15, 0.2) is 11.5 Å². The van der Waals surface area contributed by atoms with Gasteiger partial charge in [-0.15, -0.1) is 0 Å². The predicted octanol–water partition coefficient (Wildman–Crippen LogP) is 4.68. The number of pyridine rings is 1. The highest BCUT2D eigenvalue weighted by Gasteiger charge is 2.24. The Balaban J connectivity index is 1.87. The maximum absolute atomic E-state index is 10.2. The minimum absolute atomic E-state index is 0.172. The van der Waals surface area contributed by atoms with E-state index in [1.165, 1.54) is 24.8 Å². The summed E-state index contributed by atoms with van der Waals surface area (Å²) in [6.07, 6.45) is 8.62. The van der Waals surface area contributed by atoms with Crippen molar-refractivity contribution in [1.29, 1.82) is 0 Å². The summed E-state index contributed by atoms with van der Waals surface area (Å²) in [6, 6.07) is 8.48. The van der Waals surface area contributed by atoms with Gasteiger partial charge in [0.25, 0.3) is 0 Å². The summed E-state index contributed by atoms with van der Waals surface area (Å²) in [6.45, 7) is 1.86. The third kappa shape index (κ3) is 3.73. The molecule has 24 heavy (non-hydrogen) atoms. The van der Waals surface area contributed by atoms with Crippen LogP contribution in [0.5, 0.6) is 11.5 Å². The molecule has 1 saturated heterocycles. The maximum atomic E-state index is 10.2. The monoisotopic (exact) mass is 390 g/mol. The summed E-state index contributed by atoms with van der Waals surface area (Å²) in [5, 5.41) is 10.2. The maximum Gasteiger partial charge on any atom is 0.172 e. The van der Waals surface area contributed by atoms with Crippen molar-refractivity contribution in [2.24, 2.45) is 0 Å². The van der Waals surface area contributed by atoms with Crippen LogP contribution in [-0.2, 0) is 6.54 Å². The molecule has 0 amide bonds. The van der Waals surface area contributed by atoms with Gasteiger partial charge in [-0.1, -0.05) is 18.9 Å². The second kappa shape index (κ2) is 7.99. The molecule has 1 aliphatic heterocycles. The second-order valence-corrected chi connectivity index (χ2v) is 7.00. The standard InChI is InChI=1S/C19H23BrN2O2/c1-24-17-7-6-15(18(20)19(17)23)13-22-12-4-2-3-5-16(22)14-8-10-21-11-9-14/h6-11,16,23H,2-5,12-13H2,1H3. The molecule has 1 aromatic heterocycles. The number of nitrogens with zero attached hydrogens (tertiary/aromatic N) is 2. The summed E-state index contributed by atoms with van der Waals surface area (Å²) in [4.78, 5) is 6.65. The van der Waals surface area contributed by atoms with Crippen LogP contribution in [0.15, 0.2) is 41.1 Å². The van der Waals surface area contributed by atoms with E-state index in [9.17, 15) is 5.11 Å². The van der Waals surface area contributed by atoms with Gasteiger partial charge in [0.05, 0.1) is 11.6 Å². The number of phenols is 1. The molecule has 0 saturated carbocycles. The molecule has 2 aromatic rings. The highest BCUT2D eigenvalue weighted by molar-refractivity contribution is 9.10. The third-order valence-electron chi connectivity index (χ3n) is 4.71. The molecule has 2 heterocycles. The van der Waals surface area contributed by atoms with Gasteiger partial charge >= 0.3 is 0 Å². The highest BCUT2D eigenvalue weighted by atomic mass is 79.9. The van der Waals surface area contributed by atoms with E-state index < -0.39 is 0 Å². The second-order valence-electron chi connectivity index (χ2n) is 6.21. The van der Waals surface area contributed by atoms with Gasteiger partial charge in [-0.05, 0) is 64.6 Å². The van der Waals surface area contributed by atoms with Gasteiger partial charge in [-0.25, -0.2) is 0 Å². The van der Waals surface area contributed by atoms with E-state index in [-0.39, 0.29) is 5.75 Å². The van der Waals surface area contributed by atoms with Crippen molar-refractivity contribution in [2.45, 2.75) is 38.3 Å². The number of likely N-dealkylation sites (tertiary alicyclic amines) is 1. The quantitative estimate of drug-likeness (QED) is 0.823. The zero-order chi connectivity index (χ0) is 16.9. The average molecular weight is 391 g/mol. The first-order chi connectivity index (χ1) is 11.7. The van der Waals surface area contributed by atoms with Crippen molar-refractivity contribution in [3.63, 3.8) is 0 Å². The van der Waals surface area contributed by atoms with E-state index in [0.717, 1.165) is 29.5 Å². The summed E-state index contributed by atoms with van der Waals surface area (Å²) < 4.78 is 5.90. The first-order valence-electron chi connectivity index (χ1n) is 8.39. The van der Waals surface area contributed by atoms with Gasteiger partial charge in [0.1, 0.15) is 0 Å². The van der Waals surface area contributed by atoms with Crippen molar-refractivity contribution < 1.29 is 9.84 Å². The molecule has 1 fully saturated rings. The van der Waals surface area contributed by atoms with Gasteiger partial charge in [-0.3, -0.25) is 9.88 Å². The molecule has 1 atom stereocenters. The van der Waals surface area contributed by atoms with E-state index in [1.807, 2.05) is 24.5 Å². The fourth-order valence-electron chi connectivity index (χ4n) is 3.41. The summed E-state index contributed by atoms with van der Waals surface area (Å²) in [5.41, 5.74) is 2.40. The molecular weight excluding hydrogens is 368 g/mol. The molecule has 1 aromatic carbocycles. The summed E-state index contributed by atoms with van der Waals surface area (Å²) in [7, 11) is 1.56. The Morgan fingerprint density at radius 1 is 1.21 bits per heavy atom. The number of hydrogen-bond acceptors (Lipinski definition) is 4. The lowest BCUT2D eigenvalue weighted by Crippen LogP contribution is -2.28. The van der Waals surface area contributed by atoms with Gasteiger partial charge in [0, 0.05) is 25.0 Å². The number of phenolic OH excluding ortho intramolecular Hbond substituents is 1. The van der Waals surface area contributed by atoms with E-state index in [1.54, 1.807) is 7.11 Å². The van der Waals surface area contributed by atoms with E-state index >= 15 is 0 Å². The van der Waals surface area contributed by atoms with E-state index in [2.05, 4.69) is 37.9 Å². The normalized spacial score (nSPS) is 19.0. The number of benzene rings is 1. The number of hydrogen-bond donors (Lipinski definition) is 1. The minimum Gasteiger partial charge on any atom is -0.503 e. The molecule has 0 radical (unpaired) electrons. The van der Waals surface area contributed by atoms with Crippen molar-refractivity contribution in [3.8, 4) is 11.5 Å². The van der Waals surface area contributed by atoms with Crippen LogP contribution >= 0.6 is 15.9 Å². The fourth-order valence-corrected chi connectivity index (χ4v) is 3.87. The Kier molecular flexibility index (Phi) is 5.74. The Morgan fingerprint density at radius 2 is 2.00 bits per heavy atom. The molecule has 0 bridgehead atoms. The van der Waals surface area contributed by atoms with Gasteiger partial charge < -0.3 is 9.84 Å². The Bertz CT molecular complexity index is 679. The minimum atomic E-state index is 0.172. The van der Waals surface area contributed by atoms with Crippen LogP contribution in [0.1, 0.15) is 42.9 Å². The number of ether oxygens (including phenoxy) is 1. The lowest BCUT2D eigenvalue weighted by Gasteiger charge is -2.30. The zero-order valence-electron chi connectivity index (χ0n) is 13.9. The topological polar surface area (TPSA) is 45.6 Å². The smallest absolute Gasteiger partial charge is 0.172 e. The molecule has 4 nitrogen and oxygen atoms in total. The number of halogens is 1. The van der Waals surface area contributed by atoms with Crippen LogP contribution in [0.4, 0.5) is 0 Å². The molecule has 0 spiro atoms. The molecule has 128 valence electrons. The first-order valence-corrected chi connectivity index (χ1v) is 9.18. The SMILES string of the molecule is COc1ccc(CN2CCCCCC2c2ccncc2)c(Br)c1O. The summed E-state index contributed by atoms with van der Waals surface area (Å²) in [5.74, 6) is 0.664. The fraction of sp³-hybridized carbons (Fsp3) is 0.421. The Labute approximate surface area is 151 Å². The van der Waals surface area contributed by atoms with Crippen LogP contribution in [-0.4, -0.2) is 28.6 Å². The predicted molar refractivity (Wildman–Crippen MR) is 98.2 cm³/mol. The lowest BCUT2D eigenvalue weighted by molar-refractivity contribution is 0.191. The van der Waals surface area contributed by atoms with Gasteiger partial charge in [0.2, 0.25) is 0 Å². The summed E-state index contributed by atoms with van der Waals surface area (Å²) >= 11 is 3.53. The molecule has 0 aliphatic carbocycles. The van der Waals surface area contributed by atoms with Crippen molar-refractivity contribution >= 4 is 15.9 Å².